The largest absolute Gasteiger partial charge is 0.375 e. The summed E-state index contributed by atoms with van der Waals surface area (Å²) >= 11 is 1.93. The van der Waals surface area contributed by atoms with Gasteiger partial charge >= 0.3 is 6.85 Å². The number of rotatable bonds is 0. The Balaban J connectivity index is 1.38. The quantitative estimate of drug-likeness (QED) is 0.154. The van der Waals surface area contributed by atoms with E-state index in [-0.39, 0.29) is 12.3 Å². The van der Waals surface area contributed by atoms with Gasteiger partial charge in [0.2, 0.25) is 0 Å². The molecule has 0 spiro atoms. The summed E-state index contributed by atoms with van der Waals surface area (Å²) in [5.74, 6) is 0. The van der Waals surface area contributed by atoms with E-state index in [0.29, 0.717) is 0 Å². The van der Waals surface area contributed by atoms with Crippen LogP contribution < -0.4 is 15.8 Å². The summed E-state index contributed by atoms with van der Waals surface area (Å²) in [4.78, 5) is 2.66. The fraction of sp³-hybridized carbons (Fsp3) is 0.0698. The molecule has 0 saturated heterocycles. The van der Waals surface area contributed by atoms with Crippen molar-refractivity contribution in [3.8, 4) is 11.1 Å². The summed E-state index contributed by atoms with van der Waals surface area (Å²) in [7, 11) is 0. The van der Waals surface area contributed by atoms with Crippen molar-refractivity contribution in [2.45, 2.75) is 19.3 Å². The van der Waals surface area contributed by atoms with Crippen LogP contribution in [0.5, 0.6) is 0 Å². The molecule has 4 heteroatoms. The number of benzene rings is 7. The second-order valence-corrected chi connectivity index (χ2v) is 15.1. The summed E-state index contributed by atoms with van der Waals surface area (Å²) in [6, 6.07) is 48.4. The third-order valence-electron chi connectivity index (χ3n) is 11.5. The van der Waals surface area contributed by atoms with Crippen LogP contribution in [0.1, 0.15) is 25.0 Å². The predicted molar refractivity (Wildman–Crippen MR) is 203 cm³/mol. The minimum atomic E-state index is -0.142. The van der Waals surface area contributed by atoms with Crippen molar-refractivity contribution in [3.63, 3.8) is 0 Å². The van der Waals surface area contributed by atoms with E-state index in [4.69, 9.17) is 0 Å². The van der Waals surface area contributed by atoms with E-state index in [2.05, 4.69) is 151 Å². The zero-order valence-corrected chi connectivity index (χ0v) is 26.8. The summed E-state index contributed by atoms with van der Waals surface area (Å²) < 4.78 is 5.43. The van der Waals surface area contributed by atoms with Gasteiger partial charge < -0.3 is 9.38 Å². The van der Waals surface area contributed by atoms with Gasteiger partial charge in [0.1, 0.15) is 0 Å². The van der Waals surface area contributed by atoms with E-state index >= 15 is 0 Å². The number of anilines is 3. The standard InChI is InChI=1S/C43H27BN2S/c1-43(2)31-16-6-7-19-34(31)45-41-32(43)17-10-18-33(41)44-38-30(23-36-37(42(38)45)29-13-5-8-20-35(29)47-36)27-15-9-14-26-28-22-21-24-11-3-4-12-25(24)39(28)46(44)40(26)27/h3-23H,1-2H3. The van der Waals surface area contributed by atoms with Crippen molar-refractivity contribution in [1.82, 2.24) is 4.48 Å². The Morgan fingerprint density at radius 2 is 1.32 bits per heavy atom. The molecule has 218 valence electrons. The van der Waals surface area contributed by atoms with E-state index < -0.39 is 0 Å². The molecule has 0 radical (unpaired) electrons. The lowest BCUT2D eigenvalue weighted by atomic mass is 9.44. The molecule has 0 atom stereocenters. The van der Waals surface area contributed by atoms with Crippen LogP contribution in [0.15, 0.2) is 127 Å². The maximum atomic E-state index is 2.73. The summed E-state index contributed by atoms with van der Waals surface area (Å²) in [6.45, 7) is 4.86. The number of thiophene rings is 1. The number of hydrogen-bond donors (Lipinski definition) is 0. The smallest absolute Gasteiger partial charge is 0.333 e. The van der Waals surface area contributed by atoms with Crippen molar-refractivity contribution < 1.29 is 0 Å². The molecule has 0 saturated carbocycles. The monoisotopic (exact) mass is 614 g/mol. The van der Waals surface area contributed by atoms with Gasteiger partial charge in [0.05, 0.1) is 11.4 Å². The normalized spacial score (nSPS) is 15.1. The Morgan fingerprint density at radius 3 is 2.26 bits per heavy atom. The Kier molecular flexibility index (Phi) is 4.31. The van der Waals surface area contributed by atoms with E-state index in [1.807, 2.05) is 11.3 Å². The van der Waals surface area contributed by atoms with Crippen molar-refractivity contribution in [1.29, 1.82) is 0 Å². The van der Waals surface area contributed by atoms with Crippen LogP contribution in [0.2, 0.25) is 0 Å². The van der Waals surface area contributed by atoms with Crippen LogP contribution in [-0.4, -0.2) is 11.3 Å². The second-order valence-electron chi connectivity index (χ2n) is 14.0. The number of aromatic nitrogens is 1. The molecular weight excluding hydrogens is 587 g/mol. The molecule has 0 aliphatic carbocycles. The van der Waals surface area contributed by atoms with Gasteiger partial charge in [-0.1, -0.05) is 123 Å². The van der Waals surface area contributed by atoms with Crippen molar-refractivity contribution in [3.05, 3.63) is 139 Å². The number of para-hydroxylation sites is 3. The molecule has 2 aromatic heterocycles. The molecule has 47 heavy (non-hydrogen) atoms. The first-order valence-corrected chi connectivity index (χ1v) is 17.4. The number of fused-ring (bicyclic) bond motifs is 15. The fourth-order valence-electron chi connectivity index (χ4n) is 9.61. The first kappa shape index (κ1) is 24.9. The molecule has 2 nitrogen and oxygen atoms in total. The van der Waals surface area contributed by atoms with Crippen LogP contribution in [0, 0.1) is 0 Å². The average Bonchev–Trinajstić information content (AvgIpc) is 3.66. The third kappa shape index (κ3) is 2.75. The minimum absolute atomic E-state index is 0.0380. The molecule has 5 heterocycles. The number of hydrogen-bond acceptors (Lipinski definition) is 2. The van der Waals surface area contributed by atoms with Crippen molar-refractivity contribution in [2.75, 3.05) is 4.90 Å². The number of nitrogens with zero attached hydrogens (tertiary/aromatic N) is 2. The van der Waals surface area contributed by atoms with Gasteiger partial charge in [-0.05, 0) is 51.2 Å². The fourth-order valence-corrected chi connectivity index (χ4v) is 10.8. The maximum absolute atomic E-state index is 2.73. The van der Waals surface area contributed by atoms with Gasteiger partial charge in [-0.25, -0.2) is 0 Å². The lowest BCUT2D eigenvalue weighted by molar-refractivity contribution is 0.632. The minimum Gasteiger partial charge on any atom is -0.375 e. The van der Waals surface area contributed by atoms with Crippen LogP contribution in [0.25, 0.3) is 63.9 Å². The molecule has 3 aliphatic rings. The lowest BCUT2D eigenvalue weighted by Gasteiger charge is -2.48. The molecule has 9 aromatic rings. The second kappa shape index (κ2) is 8.15. The molecule has 12 rings (SSSR count). The Hall–Kier alpha value is -5.32. The molecule has 3 aliphatic heterocycles. The van der Waals surface area contributed by atoms with Crippen LogP contribution in [0.3, 0.4) is 0 Å². The molecule has 0 amide bonds. The third-order valence-corrected chi connectivity index (χ3v) is 12.6. The molecule has 0 bridgehead atoms. The van der Waals surface area contributed by atoms with Gasteiger partial charge in [-0.2, -0.15) is 0 Å². The highest BCUT2D eigenvalue weighted by molar-refractivity contribution is 7.26. The lowest BCUT2D eigenvalue weighted by Crippen LogP contribution is -2.58. The Labute approximate surface area is 276 Å². The molecular formula is C43H27BN2S. The topological polar surface area (TPSA) is 8.17 Å². The van der Waals surface area contributed by atoms with E-state index in [0.717, 1.165) is 0 Å². The van der Waals surface area contributed by atoms with E-state index in [9.17, 15) is 0 Å². The SMILES string of the molecule is CC1(C)c2ccccc2N2c3c(cccc31)B1c3c(cc4sc5ccccc5c4c32)-c2cccc3c4ccc5ccccc5c4n1c23. The first-order chi connectivity index (χ1) is 23.1. The van der Waals surface area contributed by atoms with Crippen molar-refractivity contribution >= 4 is 98.9 Å². The van der Waals surface area contributed by atoms with Gasteiger partial charge in [0.15, 0.2) is 0 Å². The summed E-state index contributed by atoms with van der Waals surface area (Å²) in [5.41, 5.74) is 14.8. The van der Waals surface area contributed by atoms with E-state index in [1.54, 1.807) is 0 Å². The highest BCUT2D eigenvalue weighted by atomic mass is 32.1. The van der Waals surface area contributed by atoms with Crippen LogP contribution >= 0.6 is 11.3 Å². The highest BCUT2D eigenvalue weighted by Crippen LogP contribution is 2.57. The first-order valence-electron chi connectivity index (χ1n) is 16.6. The Bertz CT molecular complexity index is 2910. The van der Waals surface area contributed by atoms with Gasteiger partial charge in [-0.3, -0.25) is 0 Å². The molecule has 0 fully saturated rings. The van der Waals surface area contributed by atoms with Crippen molar-refractivity contribution in [2.24, 2.45) is 0 Å². The zero-order valence-electron chi connectivity index (χ0n) is 26.0. The predicted octanol–water partition coefficient (Wildman–Crippen LogP) is 10.4. The highest BCUT2D eigenvalue weighted by Gasteiger charge is 2.48. The van der Waals surface area contributed by atoms with Gasteiger partial charge in [0.25, 0.3) is 0 Å². The zero-order chi connectivity index (χ0) is 30.8. The summed E-state index contributed by atoms with van der Waals surface area (Å²) in [5, 5.41) is 8.00. The average molecular weight is 615 g/mol. The van der Waals surface area contributed by atoms with Gasteiger partial charge in [-0.15, -0.1) is 11.3 Å². The van der Waals surface area contributed by atoms with E-state index in [1.165, 1.54) is 103 Å². The summed E-state index contributed by atoms with van der Waals surface area (Å²) in [6.07, 6.45) is 0. The van der Waals surface area contributed by atoms with Gasteiger partial charge in [0, 0.05) is 64.0 Å². The van der Waals surface area contributed by atoms with Crippen LogP contribution in [0.4, 0.5) is 17.1 Å². The molecule has 0 unspecified atom stereocenters. The molecule has 7 aromatic carbocycles. The van der Waals surface area contributed by atoms with Crippen LogP contribution in [-0.2, 0) is 5.41 Å². The maximum Gasteiger partial charge on any atom is 0.333 e. The Morgan fingerprint density at radius 1 is 0.574 bits per heavy atom. The molecule has 0 N–H and O–H groups in total.